The van der Waals surface area contributed by atoms with Crippen molar-refractivity contribution in [3.63, 3.8) is 0 Å². The lowest BCUT2D eigenvalue weighted by molar-refractivity contribution is 0.183. The van der Waals surface area contributed by atoms with Gasteiger partial charge in [0.15, 0.2) is 5.96 Å². The van der Waals surface area contributed by atoms with E-state index < -0.39 is 0 Å². The number of hydrogen-bond acceptors (Lipinski definition) is 2. The largest absolute Gasteiger partial charge is 0.370 e. The molecule has 0 aromatic heterocycles. The number of nitrogens with zero attached hydrogens (tertiary/aromatic N) is 2. The lowest BCUT2D eigenvalue weighted by Crippen LogP contribution is -2.36. The van der Waals surface area contributed by atoms with Crippen molar-refractivity contribution in [2.75, 3.05) is 26.2 Å². The van der Waals surface area contributed by atoms with Crippen molar-refractivity contribution in [2.24, 2.45) is 16.6 Å². The van der Waals surface area contributed by atoms with Gasteiger partial charge in [-0.1, -0.05) is 6.92 Å². The Hall–Kier alpha value is -0.0400. The molecule has 5 heteroatoms. The quantitative estimate of drug-likeness (QED) is 0.338. The molecule has 0 radical (unpaired) electrons. The molecular weight excluding hydrogens is 339 g/mol. The number of nitrogens with one attached hydrogen (secondary N) is 1. The summed E-state index contributed by atoms with van der Waals surface area (Å²) >= 11 is 0. The van der Waals surface area contributed by atoms with Crippen LogP contribution in [-0.2, 0) is 0 Å². The summed E-state index contributed by atoms with van der Waals surface area (Å²) in [5.41, 5.74) is 5.78. The van der Waals surface area contributed by atoms with Crippen LogP contribution in [0.2, 0.25) is 0 Å². The first kappa shape index (κ1) is 16.0. The van der Waals surface area contributed by atoms with Crippen molar-refractivity contribution in [1.29, 1.82) is 0 Å². The third-order valence-electron chi connectivity index (χ3n) is 3.59. The molecule has 2 fully saturated rings. The molecule has 0 aromatic carbocycles. The number of nitrogens with two attached hydrogens (primary N) is 1. The van der Waals surface area contributed by atoms with E-state index in [9.17, 15) is 0 Å². The number of likely N-dealkylation sites (tertiary alicyclic amines) is 1. The molecule has 1 aliphatic carbocycles. The second-order valence-corrected chi connectivity index (χ2v) is 5.59. The standard InChI is InChI=1S/C13H26N4.HI/c1-11-4-2-8-17(10-11)9-3-7-15-13(14)16-12-5-6-12;/h11-12H,2-10H2,1H3,(H3,14,15,16);1H. The molecule has 1 saturated heterocycles. The van der Waals surface area contributed by atoms with E-state index in [-0.39, 0.29) is 24.0 Å². The molecular formula is C13H27IN4. The average Bonchev–Trinajstić information content (AvgIpc) is 3.08. The van der Waals surface area contributed by atoms with Crippen LogP contribution in [0.15, 0.2) is 4.99 Å². The summed E-state index contributed by atoms with van der Waals surface area (Å²) in [6.07, 6.45) is 6.38. The van der Waals surface area contributed by atoms with E-state index in [0.717, 1.165) is 18.9 Å². The molecule has 4 nitrogen and oxygen atoms in total. The van der Waals surface area contributed by atoms with Crippen molar-refractivity contribution >= 4 is 29.9 Å². The minimum Gasteiger partial charge on any atom is -0.370 e. The highest BCUT2D eigenvalue weighted by Gasteiger charge is 2.21. The Morgan fingerprint density at radius 1 is 1.39 bits per heavy atom. The second kappa shape index (κ2) is 8.19. The maximum atomic E-state index is 5.78. The summed E-state index contributed by atoms with van der Waals surface area (Å²) in [7, 11) is 0. The number of piperidine rings is 1. The van der Waals surface area contributed by atoms with Crippen LogP contribution in [0.1, 0.15) is 39.0 Å². The molecule has 106 valence electrons. The molecule has 18 heavy (non-hydrogen) atoms. The van der Waals surface area contributed by atoms with Crippen LogP contribution in [0.4, 0.5) is 0 Å². The van der Waals surface area contributed by atoms with Gasteiger partial charge in [-0.05, 0) is 51.1 Å². The Morgan fingerprint density at radius 3 is 2.83 bits per heavy atom. The first-order valence-corrected chi connectivity index (χ1v) is 7.03. The maximum absolute atomic E-state index is 5.78. The highest BCUT2D eigenvalue weighted by molar-refractivity contribution is 14.0. The van der Waals surface area contributed by atoms with Crippen LogP contribution >= 0.6 is 24.0 Å². The zero-order valence-electron chi connectivity index (χ0n) is 11.4. The molecule has 1 aliphatic heterocycles. The van der Waals surface area contributed by atoms with E-state index in [2.05, 4.69) is 22.1 Å². The van der Waals surface area contributed by atoms with E-state index in [4.69, 9.17) is 5.73 Å². The number of halogens is 1. The second-order valence-electron chi connectivity index (χ2n) is 5.59. The van der Waals surface area contributed by atoms with Crippen molar-refractivity contribution < 1.29 is 0 Å². The highest BCUT2D eigenvalue weighted by atomic mass is 127. The predicted octanol–water partition coefficient (Wildman–Crippen LogP) is 1.79. The first-order valence-electron chi connectivity index (χ1n) is 7.03. The van der Waals surface area contributed by atoms with Crippen LogP contribution in [0, 0.1) is 5.92 Å². The SMILES string of the molecule is CC1CCCN(CCCN=C(N)NC2CC2)C1.I. The van der Waals surface area contributed by atoms with Gasteiger partial charge < -0.3 is 16.0 Å². The van der Waals surface area contributed by atoms with Crippen molar-refractivity contribution in [3.8, 4) is 0 Å². The third-order valence-corrected chi connectivity index (χ3v) is 3.59. The van der Waals surface area contributed by atoms with Crippen LogP contribution in [0.3, 0.4) is 0 Å². The smallest absolute Gasteiger partial charge is 0.188 e. The van der Waals surface area contributed by atoms with E-state index in [1.54, 1.807) is 0 Å². The molecule has 1 saturated carbocycles. The Balaban J connectivity index is 0.00000162. The Labute approximate surface area is 128 Å². The molecule has 2 rings (SSSR count). The summed E-state index contributed by atoms with van der Waals surface area (Å²) in [6, 6.07) is 0.613. The predicted molar refractivity (Wildman–Crippen MR) is 87.5 cm³/mol. The zero-order valence-corrected chi connectivity index (χ0v) is 13.7. The molecule has 2 aliphatic rings. The average molecular weight is 366 g/mol. The molecule has 1 atom stereocenters. The van der Waals surface area contributed by atoms with Gasteiger partial charge in [0.2, 0.25) is 0 Å². The van der Waals surface area contributed by atoms with Gasteiger partial charge >= 0.3 is 0 Å². The fourth-order valence-corrected chi connectivity index (χ4v) is 2.47. The van der Waals surface area contributed by atoms with Crippen molar-refractivity contribution in [1.82, 2.24) is 10.2 Å². The minimum absolute atomic E-state index is 0. The molecule has 0 aromatic rings. The fraction of sp³-hybridized carbons (Fsp3) is 0.923. The fourth-order valence-electron chi connectivity index (χ4n) is 2.47. The number of hydrogen-bond donors (Lipinski definition) is 2. The Kier molecular flexibility index (Phi) is 7.29. The number of guanidine groups is 1. The van der Waals surface area contributed by atoms with Gasteiger partial charge in [-0.25, -0.2) is 0 Å². The van der Waals surface area contributed by atoms with Crippen LogP contribution < -0.4 is 11.1 Å². The molecule has 0 amide bonds. The summed E-state index contributed by atoms with van der Waals surface area (Å²) in [5, 5.41) is 3.21. The topological polar surface area (TPSA) is 53.6 Å². The lowest BCUT2D eigenvalue weighted by Gasteiger charge is -2.30. The Bertz CT molecular complexity index is 266. The van der Waals surface area contributed by atoms with E-state index in [1.807, 2.05) is 0 Å². The highest BCUT2D eigenvalue weighted by Crippen LogP contribution is 2.18. The lowest BCUT2D eigenvalue weighted by atomic mass is 10.0. The van der Waals surface area contributed by atoms with Gasteiger partial charge in [0.25, 0.3) is 0 Å². The zero-order chi connectivity index (χ0) is 12.1. The monoisotopic (exact) mass is 366 g/mol. The van der Waals surface area contributed by atoms with Gasteiger partial charge in [0, 0.05) is 19.1 Å². The van der Waals surface area contributed by atoms with Gasteiger partial charge in [-0.2, -0.15) is 0 Å². The van der Waals surface area contributed by atoms with Gasteiger partial charge in [0.05, 0.1) is 0 Å². The molecule has 0 spiro atoms. The van der Waals surface area contributed by atoms with Gasteiger partial charge in [-0.15, -0.1) is 24.0 Å². The van der Waals surface area contributed by atoms with Crippen LogP contribution in [0.25, 0.3) is 0 Å². The van der Waals surface area contributed by atoms with E-state index >= 15 is 0 Å². The molecule has 0 bridgehead atoms. The summed E-state index contributed by atoms with van der Waals surface area (Å²) in [6.45, 7) is 6.91. The molecule has 1 heterocycles. The number of aliphatic imine (C=N–C) groups is 1. The van der Waals surface area contributed by atoms with Crippen molar-refractivity contribution in [2.45, 2.75) is 45.1 Å². The van der Waals surface area contributed by atoms with Gasteiger partial charge in [-0.3, -0.25) is 4.99 Å². The van der Waals surface area contributed by atoms with E-state index in [0.29, 0.717) is 12.0 Å². The first-order chi connectivity index (χ1) is 8.24. The molecule has 1 unspecified atom stereocenters. The van der Waals surface area contributed by atoms with Crippen molar-refractivity contribution in [3.05, 3.63) is 0 Å². The van der Waals surface area contributed by atoms with Crippen LogP contribution in [-0.4, -0.2) is 43.1 Å². The normalized spacial score (nSPS) is 25.6. The summed E-state index contributed by atoms with van der Waals surface area (Å²) in [5.74, 6) is 1.51. The van der Waals surface area contributed by atoms with Gasteiger partial charge in [0.1, 0.15) is 0 Å². The Morgan fingerprint density at radius 2 is 2.17 bits per heavy atom. The maximum Gasteiger partial charge on any atom is 0.188 e. The van der Waals surface area contributed by atoms with E-state index in [1.165, 1.54) is 45.3 Å². The summed E-state index contributed by atoms with van der Waals surface area (Å²) < 4.78 is 0. The van der Waals surface area contributed by atoms with Crippen LogP contribution in [0.5, 0.6) is 0 Å². The number of rotatable bonds is 5. The minimum atomic E-state index is 0. The third kappa shape index (κ3) is 6.22. The molecule has 3 N–H and O–H groups in total. The summed E-state index contributed by atoms with van der Waals surface area (Å²) in [4.78, 5) is 6.93.